The summed E-state index contributed by atoms with van der Waals surface area (Å²) in [5.41, 5.74) is 1.35. The summed E-state index contributed by atoms with van der Waals surface area (Å²) in [5, 5.41) is 0. The van der Waals surface area contributed by atoms with Crippen molar-refractivity contribution in [3.8, 4) is 5.75 Å². The number of amides is 1. The SMILES string of the molecule is COc1ccc(Br)cc1/C=C/C(=O)O[C@@H](C(=O)N1CCOCC1)c1ccccc1. The van der Waals surface area contributed by atoms with E-state index in [0.717, 1.165) is 10.0 Å². The number of benzene rings is 2. The third-order valence-electron chi connectivity index (χ3n) is 4.47. The van der Waals surface area contributed by atoms with Gasteiger partial charge in [0.25, 0.3) is 5.91 Å². The first-order valence-corrected chi connectivity index (χ1v) is 10.0. The van der Waals surface area contributed by atoms with E-state index >= 15 is 0 Å². The molecule has 1 fully saturated rings. The maximum absolute atomic E-state index is 13.0. The predicted molar refractivity (Wildman–Crippen MR) is 112 cm³/mol. The molecule has 0 radical (unpaired) electrons. The average molecular weight is 460 g/mol. The van der Waals surface area contributed by atoms with E-state index in [9.17, 15) is 9.59 Å². The first-order valence-electron chi connectivity index (χ1n) is 9.22. The number of hydrogen-bond donors (Lipinski definition) is 0. The second kappa shape index (κ2) is 10.2. The van der Waals surface area contributed by atoms with Crippen LogP contribution in [0.4, 0.5) is 0 Å². The number of carbonyl (C=O) groups is 2. The van der Waals surface area contributed by atoms with Crippen LogP contribution in [0.15, 0.2) is 59.1 Å². The fourth-order valence-corrected chi connectivity index (χ4v) is 3.37. The predicted octanol–water partition coefficient (Wildman–Crippen LogP) is 3.61. The van der Waals surface area contributed by atoms with Crippen LogP contribution in [-0.2, 0) is 19.1 Å². The van der Waals surface area contributed by atoms with Crippen molar-refractivity contribution in [1.29, 1.82) is 0 Å². The van der Waals surface area contributed by atoms with Crippen molar-refractivity contribution < 1.29 is 23.8 Å². The lowest BCUT2D eigenvalue weighted by Crippen LogP contribution is -2.44. The zero-order valence-corrected chi connectivity index (χ0v) is 17.6. The van der Waals surface area contributed by atoms with Crippen LogP contribution in [0.25, 0.3) is 6.08 Å². The van der Waals surface area contributed by atoms with Gasteiger partial charge in [0, 0.05) is 34.8 Å². The molecule has 152 valence electrons. The van der Waals surface area contributed by atoms with Crippen LogP contribution >= 0.6 is 15.9 Å². The number of rotatable bonds is 6. The highest BCUT2D eigenvalue weighted by Gasteiger charge is 2.30. The normalized spacial score (nSPS) is 15.2. The molecule has 1 aliphatic rings. The summed E-state index contributed by atoms with van der Waals surface area (Å²) in [6, 6.07) is 14.5. The summed E-state index contributed by atoms with van der Waals surface area (Å²) >= 11 is 3.40. The minimum atomic E-state index is -1.00. The first kappa shape index (κ1) is 21.1. The lowest BCUT2D eigenvalue weighted by molar-refractivity contribution is -0.159. The third-order valence-corrected chi connectivity index (χ3v) is 4.97. The lowest BCUT2D eigenvalue weighted by atomic mass is 10.1. The number of ether oxygens (including phenoxy) is 3. The smallest absolute Gasteiger partial charge is 0.331 e. The van der Waals surface area contributed by atoms with Crippen LogP contribution in [-0.4, -0.2) is 50.2 Å². The van der Waals surface area contributed by atoms with Crippen molar-refractivity contribution in [3.05, 3.63) is 70.2 Å². The summed E-state index contributed by atoms with van der Waals surface area (Å²) < 4.78 is 17.0. The molecule has 3 rings (SSSR count). The van der Waals surface area contributed by atoms with Gasteiger partial charge in [0.05, 0.1) is 20.3 Å². The Bertz CT molecular complexity index is 878. The minimum absolute atomic E-state index is 0.249. The van der Waals surface area contributed by atoms with Gasteiger partial charge < -0.3 is 19.1 Å². The number of carbonyl (C=O) groups excluding carboxylic acids is 2. The molecule has 0 bridgehead atoms. The number of esters is 1. The summed E-state index contributed by atoms with van der Waals surface area (Å²) in [5.74, 6) is -0.231. The molecule has 1 atom stereocenters. The van der Waals surface area contributed by atoms with E-state index in [1.54, 1.807) is 36.3 Å². The molecule has 0 spiro atoms. The second-order valence-corrected chi connectivity index (χ2v) is 7.30. The van der Waals surface area contributed by atoms with Crippen molar-refractivity contribution in [1.82, 2.24) is 4.90 Å². The van der Waals surface area contributed by atoms with E-state index in [0.29, 0.717) is 37.6 Å². The standard InChI is InChI=1S/C22H22BrNO5/c1-27-19-9-8-18(23)15-17(19)7-10-20(25)29-21(16-5-3-2-4-6-16)22(26)24-11-13-28-14-12-24/h2-10,15,21H,11-14H2,1H3/b10-7+/t21-/m1/s1. The molecule has 2 aromatic carbocycles. The number of methoxy groups -OCH3 is 1. The molecule has 1 heterocycles. The lowest BCUT2D eigenvalue weighted by Gasteiger charge is -2.30. The largest absolute Gasteiger partial charge is 0.496 e. The molecule has 0 saturated carbocycles. The van der Waals surface area contributed by atoms with E-state index in [1.165, 1.54) is 6.08 Å². The molecule has 6 nitrogen and oxygen atoms in total. The molecule has 0 aliphatic carbocycles. The molecule has 1 amide bonds. The Labute approximate surface area is 178 Å². The Balaban J connectivity index is 1.77. The highest BCUT2D eigenvalue weighted by Crippen LogP contribution is 2.25. The zero-order chi connectivity index (χ0) is 20.6. The van der Waals surface area contributed by atoms with E-state index in [2.05, 4.69) is 15.9 Å². The second-order valence-electron chi connectivity index (χ2n) is 6.38. The Morgan fingerprint density at radius 1 is 1.14 bits per heavy atom. The number of morpholine rings is 1. The van der Waals surface area contributed by atoms with Crippen molar-refractivity contribution in [2.45, 2.75) is 6.10 Å². The van der Waals surface area contributed by atoms with Crippen LogP contribution < -0.4 is 4.74 Å². The average Bonchev–Trinajstić information content (AvgIpc) is 2.77. The first-order chi connectivity index (χ1) is 14.1. The summed E-state index contributed by atoms with van der Waals surface area (Å²) in [7, 11) is 1.56. The summed E-state index contributed by atoms with van der Waals surface area (Å²) in [6.45, 7) is 1.91. The fraction of sp³-hybridized carbons (Fsp3) is 0.273. The van der Waals surface area contributed by atoms with Crippen LogP contribution in [0.5, 0.6) is 5.75 Å². The van der Waals surface area contributed by atoms with Gasteiger partial charge >= 0.3 is 5.97 Å². The molecular formula is C22H22BrNO5. The van der Waals surface area contributed by atoms with E-state index < -0.39 is 12.1 Å². The molecule has 1 aliphatic heterocycles. The summed E-state index contributed by atoms with van der Waals surface area (Å²) in [4.78, 5) is 27.2. The zero-order valence-electron chi connectivity index (χ0n) is 16.0. The van der Waals surface area contributed by atoms with Crippen LogP contribution in [0.1, 0.15) is 17.2 Å². The molecular weight excluding hydrogens is 438 g/mol. The van der Waals surface area contributed by atoms with Gasteiger partial charge in [-0.05, 0) is 24.3 Å². The Hall–Kier alpha value is -2.64. The molecule has 29 heavy (non-hydrogen) atoms. The quantitative estimate of drug-likeness (QED) is 0.487. The number of nitrogens with zero attached hydrogens (tertiary/aromatic N) is 1. The molecule has 7 heteroatoms. The topological polar surface area (TPSA) is 65.1 Å². The van der Waals surface area contributed by atoms with Gasteiger partial charge in [-0.2, -0.15) is 0 Å². The Kier molecular flexibility index (Phi) is 7.43. The number of hydrogen-bond acceptors (Lipinski definition) is 5. The maximum Gasteiger partial charge on any atom is 0.331 e. The van der Waals surface area contributed by atoms with Crippen LogP contribution in [0.2, 0.25) is 0 Å². The van der Waals surface area contributed by atoms with Crippen LogP contribution in [0.3, 0.4) is 0 Å². The highest BCUT2D eigenvalue weighted by atomic mass is 79.9. The highest BCUT2D eigenvalue weighted by molar-refractivity contribution is 9.10. The van der Waals surface area contributed by atoms with Gasteiger partial charge in [0.1, 0.15) is 5.75 Å². The van der Waals surface area contributed by atoms with Crippen LogP contribution in [0, 0.1) is 0 Å². The maximum atomic E-state index is 13.0. The van der Waals surface area contributed by atoms with Gasteiger partial charge in [-0.15, -0.1) is 0 Å². The van der Waals surface area contributed by atoms with E-state index in [-0.39, 0.29) is 5.91 Å². The Morgan fingerprint density at radius 2 is 1.86 bits per heavy atom. The van der Waals surface area contributed by atoms with Crippen molar-refractivity contribution >= 4 is 33.9 Å². The molecule has 0 aromatic heterocycles. The van der Waals surface area contributed by atoms with Gasteiger partial charge in [0.15, 0.2) is 0 Å². The fourth-order valence-electron chi connectivity index (χ4n) is 2.99. The summed E-state index contributed by atoms with van der Waals surface area (Å²) in [6.07, 6.45) is 1.90. The van der Waals surface area contributed by atoms with Crippen molar-refractivity contribution in [2.24, 2.45) is 0 Å². The van der Waals surface area contributed by atoms with Gasteiger partial charge in [0.2, 0.25) is 6.10 Å². The van der Waals surface area contributed by atoms with Gasteiger partial charge in [-0.25, -0.2) is 4.79 Å². The van der Waals surface area contributed by atoms with Crippen molar-refractivity contribution in [2.75, 3.05) is 33.4 Å². The number of halogens is 1. The molecule has 0 N–H and O–H groups in total. The van der Waals surface area contributed by atoms with E-state index in [1.807, 2.05) is 30.3 Å². The van der Waals surface area contributed by atoms with Crippen molar-refractivity contribution in [3.63, 3.8) is 0 Å². The van der Waals surface area contributed by atoms with Gasteiger partial charge in [-0.1, -0.05) is 46.3 Å². The molecule has 2 aromatic rings. The monoisotopic (exact) mass is 459 g/mol. The van der Waals surface area contributed by atoms with Gasteiger partial charge in [-0.3, -0.25) is 4.79 Å². The molecule has 0 unspecified atom stereocenters. The Morgan fingerprint density at radius 3 is 2.55 bits per heavy atom. The molecule has 1 saturated heterocycles. The minimum Gasteiger partial charge on any atom is -0.496 e. The van der Waals surface area contributed by atoms with E-state index in [4.69, 9.17) is 14.2 Å². The third kappa shape index (κ3) is 5.68.